The van der Waals surface area contributed by atoms with E-state index in [2.05, 4.69) is 78.0 Å². The maximum atomic E-state index is 5.04. The maximum absolute atomic E-state index is 5.04. The molecule has 2 aliphatic heterocycles. The lowest BCUT2D eigenvalue weighted by atomic mass is 10.0. The number of benzene rings is 1. The molecule has 2 fully saturated rings. The van der Waals surface area contributed by atoms with Gasteiger partial charge in [0.25, 0.3) is 0 Å². The molecule has 1 saturated carbocycles. The third-order valence-electron chi connectivity index (χ3n) is 7.56. The second kappa shape index (κ2) is 8.87. The molecule has 1 saturated heterocycles. The molecule has 0 bridgehead atoms. The van der Waals surface area contributed by atoms with Gasteiger partial charge in [0.15, 0.2) is 11.6 Å². The van der Waals surface area contributed by atoms with Crippen molar-refractivity contribution in [1.29, 1.82) is 0 Å². The number of likely N-dealkylation sites (N-methyl/N-ethyl adjacent to an activating group) is 1. The van der Waals surface area contributed by atoms with Crippen molar-refractivity contribution in [3.05, 3.63) is 42.6 Å². The normalized spacial score (nSPS) is 20.9. The molecule has 178 valence electrons. The highest BCUT2D eigenvalue weighted by Crippen LogP contribution is 2.42. The van der Waals surface area contributed by atoms with E-state index >= 15 is 0 Å². The van der Waals surface area contributed by atoms with Crippen LogP contribution in [-0.2, 0) is 0 Å². The van der Waals surface area contributed by atoms with Crippen LogP contribution in [0.5, 0.6) is 0 Å². The average Bonchev–Trinajstić information content (AvgIpc) is 3.57. The molecule has 9 nitrogen and oxygen atoms in total. The minimum absolute atomic E-state index is 0.184. The summed E-state index contributed by atoms with van der Waals surface area (Å²) < 4.78 is 2.06. The van der Waals surface area contributed by atoms with Gasteiger partial charge in [0.2, 0.25) is 5.95 Å². The highest BCUT2D eigenvalue weighted by atomic mass is 15.4. The van der Waals surface area contributed by atoms with Gasteiger partial charge in [-0.2, -0.15) is 4.98 Å². The van der Waals surface area contributed by atoms with Crippen LogP contribution in [0.2, 0.25) is 0 Å². The molecule has 0 radical (unpaired) electrons. The lowest BCUT2D eigenvalue weighted by Crippen LogP contribution is -2.44. The SMILES string of the molecule is CC[C@@H]1c2nncn2-c2cnc(Nc3ccc(N4CCN(C)CC4)cc3)nc2N1C1CCCC1. The molecule has 4 heterocycles. The molecule has 1 atom stereocenters. The fourth-order valence-corrected chi connectivity index (χ4v) is 5.65. The van der Waals surface area contributed by atoms with Crippen molar-refractivity contribution in [2.24, 2.45) is 0 Å². The van der Waals surface area contributed by atoms with E-state index in [0.29, 0.717) is 12.0 Å². The fourth-order valence-electron chi connectivity index (χ4n) is 5.65. The van der Waals surface area contributed by atoms with Crippen LogP contribution in [0.25, 0.3) is 5.69 Å². The van der Waals surface area contributed by atoms with Crippen molar-refractivity contribution >= 4 is 23.1 Å². The number of anilines is 4. The summed E-state index contributed by atoms with van der Waals surface area (Å²) in [4.78, 5) is 17.0. The number of nitrogens with zero attached hydrogens (tertiary/aromatic N) is 8. The topological polar surface area (TPSA) is 78.2 Å². The van der Waals surface area contributed by atoms with E-state index in [9.17, 15) is 0 Å². The molecule has 9 heteroatoms. The standard InChI is InChI=1S/C25H33N9/c1-3-21-24-30-27-17-33(24)22-16-26-25(29-23(22)34(21)20-6-4-5-7-20)28-18-8-10-19(11-9-18)32-14-12-31(2)13-15-32/h8-11,16-17,20-21H,3-7,12-15H2,1-2H3,(H,26,28,29)/t21-/m1/s1. The molecule has 34 heavy (non-hydrogen) atoms. The third kappa shape index (κ3) is 3.77. The van der Waals surface area contributed by atoms with Crippen molar-refractivity contribution in [1.82, 2.24) is 29.6 Å². The number of rotatable bonds is 5. The summed E-state index contributed by atoms with van der Waals surface area (Å²) in [6.45, 7) is 6.56. The van der Waals surface area contributed by atoms with Crippen LogP contribution >= 0.6 is 0 Å². The zero-order valence-corrected chi connectivity index (χ0v) is 20.1. The summed E-state index contributed by atoms with van der Waals surface area (Å²) >= 11 is 0. The summed E-state index contributed by atoms with van der Waals surface area (Å²) in [6.07, 6.45) is 9.61. The van der Waals surface area contributed by atoms with Gasteiger partial charge in [0, 0.05) is 43.6 Å². The number of piperazine rings is 1. The molecular formula is C25H33N9. The molecular weight excluding hydrogens is 426 g/mol. The van der Waals surface area contributed by atoms with Crippen LogP contribution in [0, 0.1) is 0 Å². The highest BCUT2D eigenvalue weighted by molar-refractivity contribution is 5.66. The van der Waals surface area contributed by atoms with Crippen LogP contribution in [0.4, 0.5) is 23.1 Å². The van der Waals surface area contributed by atoms with Crippen molar-refractivity contribution in [2.45, 2.75) is 51.1 Å². The summed E-state index contributed by atoms with van der Waals surface area (Å²) in [6, 6.07) is 9.29. The Bertz CT molecular complexity index is 1130. The Morgan fingerprint density at radius 2 is 1.79 bits per heavy atom. The largest absolute Gasteiger partial charge is 0.369 e. The van der Waals surface area contributed by atoms with Crippen LogP contribution < -0.4 is 15.1 Å². The zero-order valence-electron chi connectivity index (χ0n) is 20.1. The smallest absolute Gasteiger partial charge is 0.229 e. The molecule has 3 aliphatic rings. The van der Waals surface area contributed by atoms with E-state index < -0.39 is 0 Å². The summed E-state index contributed by atoms with van der Waals surface area (Å²) in [5, 5.41) is 12.1. The highest BCUT2D eigenvalue weighted by Gasteiger charge is 2.38. The third-order valence-corrected chi connectivity index (χ3v) is 7.56. The summed E-state index contributed by atoms with van der Waals surface area (Å²) in [5.41, 5.74) is 3.23. The lowest BCUT2D eigenvalue weighted by Gasteiger charge is -2.40. The first-order valence-electron chi connectivity index (χ1n) is 12.6. The molecule has 1 N–H and O–H groups in total. The van der Waals surface area contributed by atoms with Crippen LogP contribution in [0.15, 0.2) is 36.8 Å². The zero-order chi connectivity index (χ0) is 23.1. The minimum atomic E-state index is 0.184. The van der Waals surface area contributed by atoms with E-state index in [1.165, 1.54) is 31.4 Å². The molecule has 0 unspecified atom stereocenters. The molecule has 6 rings (SSSR count). The monoisotopic (exact) mass is 459 g/mol. The van der Waals surface area contributed by atoms with Gasteiger partial charge in [-0.15, -0.1) is 10.2 Å². The van der Waals surface area contributed by atoms with E-state index in [1.54, 1.807) is 6.33 Å². The van der Waals surface area contributed by atoms with Crippen molar-refractivity contribution in [3.8, 4) is 5.69 Å². The van der Waals surface area contributed by atoms with Gasteiger partial charge in [-0.25, -0.2) is 4.98 Å². The van der Waals surface area contributed by atoms with E-state index in [0.717, 1.165) is 55.6 Å². The fraction of sp³-hybridized carbons (Fsp3) is 0.520. The average molecular weight is 460 g/mol. The molecule has 2 aromatic heterocycles. The van der Waals surface area contributed by atoms with Crippen LogP contribution in [-0.4, -0.2) is 68.9 Å². The van der Waals surface area contributed by atoms with E-state index in [4.69, 9.17) is 4.98 Å². The molecule has 0 spiro atoms. The molecule has 1 aliphatic carbocycles. The second-order valence-corrected chi connectivity index (χ2v) is 9.69. The number of hydrogen-bond acceptors (Lipinski definition) is 8. The van der Waals surface area contributed by atoms with Gasteiger partial charge < -0.3 is 20.0 Å². The first-order chi connectivity index (χ1) is 16.7. The van der Waals surface area contributed by atoms with Gasteiger partial charge in [-0.1, -0.05) is 19.8 Å². The lowest BCUT2D eigenvalue weighted by molar-refractivity contribution is 0.313. The molecule has 0 amide bonds. The second-order valence-electron chi connectivity index (χ2n) is 9.69. The Kier molecular flexibility index (Phi) is 5.57. The first kappa shape index (κ1) is 21.3. The van der Waals surface area contributed by atoms with Crippen molar-refractivity contribution in [3.63, 3.8) is 0 Å². The molecule has 1 aromatic carbocycles. The van der Waals surface area contributed by atoms with Crippen LogP contribution in [0.3, 0.4) is 0 Å². The Morgan fingerprint density at radius 1 is 1.03 bits per heavy atom. The number of fused-ring (bicyclic) bond motifs is 3. The Balaban J connectivity index is 1.28. The molecule has 3 aromatic rings. The van der Waals surface area contributed by atoms with Crippen LogP contribution in [0.1, 0.15) is 50.9 Å². The predicted octanol–water partition coefficient (Wildman–Crippen LogP) is 3.77. The van der Waals surface area contributed by atoms with Gasteiger partial charge in [-0.05, 0) is 50.6 Å². The minimum Gasteiger partial charge on any atom is -0.369 e. The van der Waals surface area contributed by atoms with E-state index in [1.807, 2.05) is 6.20 Å². The first-order valence-corrected chi connectivity index (χ1v) is 12.6. The Hall–Kier alpha value is -3.20. The van der Waals surface area contributed by atoms with Gasteiger partial charge in [0.05, 0.1) is 12.2 Å². The number of aromatic nitrogens is 5. The quantitative estimate of drug-likeness (QED) is 0.618. The predicted molar refractivity (Wildman–Crippen MR) is 134 cm³/mol. The Morgan fingerprint density at radius 3 is 2.53 bits per heavy atom. The van der Waals surface area contributed by atoms with Crippen molar-refractivity contribution in [2.75, 3.05) is 48.3 Å². The number of hydrogen-bond donors (Lipinski definition) is 1. The Labute approximate surface area is 200 Å². The van der Waals surface area contributed by atoms with Gasteiger partial charge >= 0.3 is 0 Å². The summed E-state index contributed by atoms with van der Waals surface area (Å²) in [5.74, 6) is 2.60. The number of nitrogens with one attached hydrogen (secondary N) is 1. The van der Waals surface area contributed by atoms with E-state index in [-0.39, 0.29) is 6.04 Å². The maximum Gasteiger partial charge on any atom is 0.229 e. The van der Waals surface area contributed by atoms with Crippen molar-refractivity contribution < 1.29 is 0 Å². The van der Waals surface area contributed by atoms with Gasteiger partial charge in [0.1, 0.15) is 12.0 Å². The van der Waals surface area contributed by atoms with Gasteiger partial charge in [-0.3, -0.25) is 4.57 Å². The summed E-state index contributed by atoms with van der Waals surface area (Å²) in [7, 11) is 2.18.